The summed E-state index contributed by atoms with van der Waals surface area (Å²) in [5.74, 6) is -0.213. The lowest BCUT2D eigenvalue weighted by atomic mass is 9.86. The van der Waals surface area contributed by atoms with Gasteiger partial charge in [-0.2, -0.15) is 0 Å². The third kappa shape index (κ3) is 3.88. The minimum Gasteiger partial charge on any atom is -0.464 e. The van der Waals surface area contributed by atoms with Crippen molar-refractivity contribution in [1.29, 1.82) is 0 Å². The average molecular weight is 418 g/mol. The van der Waals surface area contributed by atoms with Crippen LogP contribution in [0.25, 0.3) is 21.9 Å². The molecule has 0 aliphatic carbocycles. The van der Waals surface area contributed by atoms with Gasteiger partial charge in [-0.3, -0.25) is 4.79 Å². The summed E-state index contributed by atoms with van der Waals surface area (Å²) in [5.41, 5.74) is 4.73. The van der Waals surface area contributed by atoms with Crippen molar-refractivity contribution in [3.63, 3.8) is 0 Å². The van der Waals surface area contributed by atoms with Crippen LogP contribution in [0, 0.1) is 13.8 Å². The van der Waals surface area contributed by atoms with Gasteiger partial charge in [0.2, 0.25) is 5.91 Å². The van der Waals surface area contributed by atoms with Gasteiger partial charge in [0.15, 0.2) is 0 Å². The topological polar surface area (TPSA) is 72.5 Å². The number of hydrogen-bond acceptors (Lipinski definition) is 4. The van der Waals surface area contributed by atoms with Crippen molar-refractivity contribution >= 4 is 27.8 Å². The molecule has 0 atom stereocenters. The lowest BCUT2D eigenvalue weighted by Gasteiger charge is -2.17. The van der Waals surface area contributed by atoms with E-state index in [1.165, 1.54) is 0 Å². The van der Waals surface area contributed by atoms with E-state index < -0.39 is 5.63 Å². The fourth-order valence-electron chi connectivity index (χ4n) is 4.00. The highest BCUT2D eigenvalue weighted by Gasteiger charge is 2.24. The molecule has 0 saturated carbocycles. The molecule has 0 unspecified atom stereocenters. The van der Waals surface area contributed by atoms with Crippen LogP contribution < -0.4 is 10.9 Å². The number of aryl methyl sites for hydroxylation is 2. The quantitative estimate of drug-likeness (QED) is 0.457. The standard InChI is InChI=1S/C26H27NO4/c1-15-18-11-20-21(26(3,4)5)14-30-23(20)16(2)24(18)31-25(29)19(15)12-22(28)27-13-17-9-7-6-8-10-17/h6-11,14H,12-13H2,1-5H3,(H,27,28). The van der Waals surface area contributed by atoms with Crippen LogP contribution in [0.4, 0.5) is 0 Å². The van der Waals surface area contributed by atoms with Gasteiger partial charge in [0.25, 0.3) is 0 Å². The molecule has 0 bridgehead atoms. The van der Waals surface area contributed by atoms with Gasteiger partial charge in [0, 0.05) is 28.4 Å². The maximum atomic E-state index is 12.7. The van der Waals surface area contributed by atoms with E-state index in [2.05, 4.69) is 26.1 Å². The Morgan fingerprint density at radius 3 is 2.39 bits per heavy atom. The molecular weight excluding hydrogens is 390 g/mol. The normalized spacial score (nSPS) is 11.9. The molecule has 0 fully saturated rings. The number of carbonyl (C=O) groups excluding carboxylic acids is 1. The molecule has 31 heavy (non-hydrogen) atoms. The first-order valence-electron chi connectivity index (χ1n) is 10.4. The summed E-state index contributed by atoms with van der Waals surface area (Å²) in [6.45, 7) is 10.6. The molecule has 0 aliphatic rings. The van der Waals surface area contributed by atoms with Crippen LogP contribution in [0.3, 0.4) is 0 Å². The van der Waals surface area contributed by atoms with E-state index in [0.717, 1.165) is 38.6 Å². The van der Waals surface area contributed by atoms with Crippen LogP contribution in [0.1, 0.15) is 48.6 Å². The highest BCUT2D eigenvalue weighted by atomic mass is 16.4. The molecular formula is C26H27NO4. The van der Waals surface area contributed by atoms with Gasteiger partial charge in [-0.05, 0) is 36.5 Å². The Morgan fingerprint density at radius 2 is 1.71 bits per heavy atom. The Morgan fingerprint density at radius 1 is 1.00 bits per heavy atom. The lowest BCUT2D eigenvalue weighted by molar-refractivity contribution is -0.120. The van der Waals surface area contributed by atoms with Gasteiger partial charge in [-0.1, -0.05) is 51.1 Å². The molecule has 2 heterocycles. The van der Waals surface area contributed by atoms with Crippen LogP contribution in [-0.2, 0) is 23.2 Å². The van der Waals surface area contributed by atoms with E-state index >= 15 is 0 Å². The molecule has 5 heteroatoms. The Bertz CT molecular complexity index is 1340. The smallest absolute Gasteiger partial charge is 0.340 e. The molecule has 2 aromatic heterocycles. The van der Waals surface area contributed by atoms with Crippen LogP contribution in [0.5, 0.6) is 0 Å². The fourth-order valence-corrected chi connectivity index (χ4v) is 4.00. The maximum absolute atomic E-state index is 12.7. The molecule has 4 rings (SSSR count). The first-order chi connectivity index (χ1) is 14.7. The Kier molecular flexibility index (Phi) is 5.21. The molecule has 4 aromatic rings. The second kappa shape index (κ2) is 7.73. The molecule has 160 valence electrons. The SMILES string of the molecule is Cc1c(CC(=O)NCc2ccccc2)c(=O)oc2c(C)c3occ(C(C)(C)C)c3cc12. The van der Waals surface area contributed by atoms with E-state index in [4.69, 9.17) is 8.83 Å². The number of nitrogens with one attached hydrogen (secondary N) is 1. The van der Waals surface area contributed by atoms with E-state index in [1.54, 1.807) is 6.26 Å². The Hall–Kier alpha value is -3.34. The van der Waals surface area contributed by atoms with Crippen molar-refractivity contribution in [2.45, 2.75) is 53.0 Å². The number of fused-ring (bicyclic) bond motifs is 2. The zero-order chi connectivity index (χ0) is 22.3. The largest absolute Gasteiger partial charge is 0.464 e. The summed E-state index contributed by atoms with van der Waals surface area (Å²) < 4.78 is 11.5. The van der Waals surface area contributed by atoms with Crippen molar-refractivity contribution in [1.82, 2.24) is 5.32 Å². The van der Waals surface area contributed by atoms with Gasteiger partial charge >= 0.3 is 5.63 Å². The molecule has 0 radical (unpaired) electrons. The summed E-state index contributed by atoms with van der Waals surface area (Å²) >= 11 is 0. The van der Waals surface area contributed by atoms with E-state index in [-0.39, 0.29) is 17.7 Å². The fraction of sp³-hybridized carbons (Fsp3) is 0.308. The average Bonchev–Trinajstić information content (AvgIpc) is 3.16. The third-order valence-electron chi connectivity index (χ3n) is 5.82. The third-order valence-corrected chi connectivity index (χ3v) is 5.82. The number of rotatable bonds is 4. The van der Waals surface area contributed by atoms with Crippen molar-refractivity contribution in [2.75, 3.05) is 0 Å². The van der Waals surface area contributed by atoms with Gasteiger partial charge in [-0.15, -0.1) is 0 Å². The molecule has 1 amide bonds. The van der Waals surface area contributed by atoms with Gasteiger partial charge in [0.1, 0.15) is 11.2 Å². The zero-order valence-corrected chi connectivity index (χ0v) is 18.6. The minimum absolute atomic E-state index is 0.0223. The summed E-state index contributed by atoms with van der Waals surface area (Å²) in [7, 11) is 0. The van der Waals surface area contributed by atoms with Crippen molar-refractivity contribution in [2.24, 2.45) is 0 Å². The predicted octanol–water partition coefficient (Wildman–Crippen LogP) is 5.31. The van der Waals surface area contributed by atoms with E-state index in [0.29, 0.717) is 17.7 Å². The zero-order valence-electron chi connectivity index (χ0n) is 18.6. The Balaban J connectivity index is 1.73. The first-order valence-corrected chi connectivity index (χ1v) is 10.4. The molecule has 1 N–H and O–H groups in total. The maximum Gasteiger partial charge on any atom is 0.340 e. The number of hydrogen-bond donors (Lipinski definition) is 1. The summed E-state index contributed by atoms with van der Waals surface area (Å²) in [5, 5.41) is 4.73. The van der Waals surface area contributed by atoms with Crippen molar-refractivity contribution < 1.29 is 13.6 Å². The molecule has 2 aromatic carbocycles. The molecule has 5 nitrogen and oxygen atoms in total. The molecule has 0 saturated heterocycles. The predicted molar refractivity (Wildman–Crippen MR) is 122 cm³/mol. The van der Waals surface area contributed by atoms with Gasteiger partial charge < -0.3 is 14.2 Å². The molecule has 0 aliphatic heterocycles. The lowest BCUT2D eigenvalue weighted by Crippen LogP contribution is -2.27. The van der Waals surface area contributed by atoms with Crippen LogP contribution in [-0.4, -0.2) is 5.91 Å². The van der Waals surface area contributed by atoms with Gasteiger partial charge in [-0.25, -0.2) is 4.79 Å². The Labute approximate surface area is 181 Å². The van der Waals surface area contributed by atoms with Crippen LogP contribution >= 0.6 is 0 Å². The van der Waals surface area contributed by atoms with Crippen molar-refractivity contribution in [3.8, 4) is 0 Å². The highest BCUT2D eigenvalue weighted by molar-refractivity contribution is 6.00. The minimum atomic E-state index is -0.482. The second-order valence-corrected chi connectivity index (χ2v) is 9.09. The number of amides is 1. The number of benzene rings is 2. The van der Waals surface area contributed by atoms with Crippen LogP contribution in [0.2, 0.25) is 0 Å². The summed E-state index contributed by atoms with van der Waals surface area (Å²) in [6, 6.07) is 11.7. The van der Waals surface area contributed by atoms with Gasteiger partial charge in [0.05, 0.1) is 18.2 Å². The first kappa shape index (κ1) is 20.9. The van der Waals surface area contributed by atoms with Crippen molar-refractivity contribution in [3.05, 3.63) is 80.9 Å². The number of carbonyl (C=O) groups is 1. The second-order valence-electron chi connectivity index (χ2n) is 9.09. The monoisotopic (exact) mass is 417 g/mol. The highest BCUT2D eigenvalue weighted by Crippen LogP contribution is 2.37. The van der Waals surface area contributed by atoms with Crippen LogP contribution in [0.15, 0.2) is 56.3 Å². The van der Waals surface area contributed by atoms with E-state index in [9.17, 15) is 9.59 Å². The van der Waals surface area contributed by atoms with E-state index in [1.807, 2.05) is 50.2 Å². The summed E-state index contributed by atoms with van der Waals surface area (Å²) in [6.07, 6.45) is 1.76. The summed E-state index contributed by atoms with van der Waals surface area (Å²) in [4.78, 5) is 25.3. The molecule has 0 spiro atoms. The number of furan rings is 1.